The fraction of sp³-hybridized carbons (Fsp3) is 0.588. The average Bonchev–Trinajstić information content (AvgIpc) is 2.88. The Balaban J connectivity index is 1.65. The predicted molar refractivity (Wildman–Crippen MR) is 88.8 cm³/mol. The van der Waals surface area contributed by atoms with Gasteiger partial charge in [0.2, 0.25) is 0 Å². The largest absolute Gasteiger partial charge is 0.387 e. The van der Waals surface area contributed by atoms with Gasteiger partial charge in [-0.1, -0.05) is 6.07 Å². The van der Waals surface area contributed by atoms with Crippen LogP contribution in [0.15, 0.2) is 24.5 Å². The molecule has 1 atom stereocenters. The van der Waals surface area contributed by atoms with Gasteiger partial charge in [0.05, 0.1) is 23.5 Å². The van der Waals surface area contributed by atoms with Gasteiger partial charge in [-0.15, -0.1) is 0 Å². The molecule has 120 valence electrons. The topological polar surface area (TPSA) is 44.5 Å². The highest BCUT2D eigenvalue weighted by Gasteiger charge is 2.22. The molecule has 1 aromatic heterocycles. The number of hydrogen-bond acceptors (Lipinski definition) is 4. The van der Waals surface area contributed by atoms with Gasteiger partial charge in [0.15, 0.2) is 0 Å². The van der Waals surface area contributed by atoms with E-state index in [4.69, 9.17) is 0 Å². The standard InChI is InChI=1S/C17H26N4O/c1-19-8-6-14(7-9-19)20(2)11-17(22)13-4-5-16-15(10-13)18-12-21(16)3/h4-5,10,12,14,17,22H,6-9,11H2,1-3H3. The molecular formula is C17H26N4O. The molecule has 1 aromatic carbocycles. The number of imidazole rings is 1. The van der Waals surface area contributed by atoms with Crippen LogP contribution in [0.1, 0.15) is 24.5 Å². The summed E-state index contributed by atoms with van der Waals surface area (Å²) < 4.78 is 2.00. The SMILES string of the molecule is CN1CCC(N(C)CC(O)c2ccc3c(c2)ncn3C)CC1. The number of benzene rings is 1. The Morgan fingerprint density at radius 2 is 2.05 bits per heavy atom. The molecule has 0 aliphatic carbocycles. The van der Waals surface area contributed by atoms with E-state index in [1.807, 2.05) is 36.1 Å². The second-order valence-electron chi connectivity index (χ2n) is 6.59. The van der Waals surface area contributed by atoms with Crippen LogP contribution in [-0.4, -0.2) is 64.2 Å². The fourth-order valence-corrected chi connectivity index (χ4v) is 3.32. The van der Waals surface area contributed by atoms with E-state index in [1.165, 1.54) is 12.8 Å². The van der Waals surface area contributed by atoms with Crippen molar-refractivity contribution in [3.63, 3.8) is 0 Å². The maximum Gasteiger partial charge on any atom is 0.0955 e. The summed E-state index contributed by atoms with van der Waals surface area (Å²) in [6, 6.07) is 6.63. The summed E-state index contributed by atoms with van der Waals surface area (Å²) >= 11 is 0. The number of rotatable bonds is 4. The number of hydrogen-bond donors (Lipinski definition) is 1. The third kappa shape index (κ3) is 3.16. The molecule has 1 unspecified atom stereocenters. The molecule has 0 bridgehead atoms. The first-order valence-corrected chi connectivity index (χ1v) is 8.02. The summed E-state index contributed by atoms with van der Waals surface area (Å²) in [6.45, 7) is 2.96. The van der Waals surface area contributed by atoms with E-state index in [9.17, 15) is 5.11 Å². The second-order valence-corrected chi connectivity index (χ2v) is 6.59. The maximum atomic E-state index is 10.6. The van der Waals surface area contributed by atoms with Crippen LogP contribution in [0, 0.1) is 0 Å². The number of aryl methyl sites for hydroxylation is 1. The number of piperidine rings is 1. The van der Waals surface area contributed by atoms with Gasteiger partial charge in [-0.2, -0.15) is 0 Å². The van der Waals surface area contributed by atoms with Gasteiger partial charge in [-0.05, 0) is 57.7 Å². The van der Waals surface area contributed by atoms with Crippen LogP contribution in [0.25, 0.3) is 11.0 Å². The molecule has 1 N–H and O–H groups in total. The van der Waals surface area contributed by atoms with Gasteiger partial charge in [0.25, 0.3) is 0 Å². The summed E-state index contributed by atoms with van der Waals surface area (Å²) in [6.07, 6.45) is 3.71. The lowest BCUT2D eigenvalue weighted by atomic mass is 10.0. The number of aliphatic hydroxyl groups is 1. The Kier molecular flexibility index (Phi) is 4.47. The Morgan fingerprint density at radius 3 is 2.77 bits per heavy atom. The Labute approximate surface area is 132 Å². The predicted octanol–water partition coefficient (Wildman–Crippen LogP) is 1.63. The molecule has 0 saturated carbocycles. The van der Waals surface area contributed by atoms with E-state index in [0.717, 1.165) is 29.7 Å². The third-order valence-corrected chi connectivity index (χ3v) is 4.91. The molecule has 1 fully saturated rings. The van der Waals surface area contributed by atoms with Crippen LogP contribution in [0.3, 0.4) is 0 Å². The molecular weight excluding hydrogens is 276 g/mol. The summed E-state index contributed by atoms with van der Waals surface area (Å²) in [5.41, 5.74) is 2.99. The normalized spacial score (nSPS) is 19.1. The van der Waals surface area contributed by atoms with Gasteiger partial charge < -0.3 is 19.5 Å². The molecule has 22 heavy (non-hydrogen) atoms. The highest BCUT2D eigenvalue weighted by molar-refractivity contribution is 5.76. The third-order valence-electron chi connectivity index (χ3n) is 4.91. The zero-order chi connectivity index (χ0) is 15.7. The molecule has 2 heterocycles. The van der Waals surface area contributed by atoms with Gasteiger partial charge >= 0.3 is 0 Å². The fourth-order valence-electron chi connectivity index (χ4n) is 3.32. The summed E-state index contributed by atoms with van der Waals surface area (Å²) in [4.78, 5) is 9.05. The highest BCUT2D eigenvalue weighted by Crippen LogP contribution is 2.22. The van der Waals surface area contributed by atoms with Crippen molar-refractivity contribution in [1.29, 1.82) is 0 Å². The summed E-state index contributed by atoms with van der Waals surface area (Å²) in [5, 5.41) is 10.6. The van der Waals surface area contributed by atoms with Gasteiger partial charge in [-0.3, -0.25) is 0 Å². The van der Waals surface area contributed by atoms with E-state index < -0.39 is 6.10 Å². The molecule has 1 aliphatic rings. The van der Waals surface area contributed by atoms with Crippen molar-refractivity contribution < 1.29 is 5.11 Å². The average molecular weight is 302 g/mol. The van der Waals surface area contributed by atoms with Crippen LogP contribution < -0.4 is 0 Å². The monoisotopic (exact) mass is 302 g/mol. The van der Waals surface area contributed by atoms with Crippen LogP contribution in [0.2, 0.25) is 0 Å². The Hall–Kier alpha value is -1.43. The number of fused-ring (bicyclic) bond motifs is 1. The van der Waals surface area contributed by atoms with Crippen molar-refractivity contribution in [2.45, 2.75) is 25.0 Å². The highest BCUT2D eigenvalue weighted by atomic mass is 16.3. The van der Waals surface area contributed by atoms with E-state index in [0.29, 0.717) is 12.6 Å². The minimum absolute atomic E-state index is 0.462. The number of nitrogens with zero attached hydrogens (tertiary/aromatic N) is 4. The zero-order valence-corrected chi connectivity index (χ0v) is 13.7. The second kappa shape index (κ2) is 6.36. The van der Waals surface area contributed by atoms with Crippen molar-refractivity contribution in [3.8, 4) is 0 Å². The lowest BCUT2D eigenvalue weighted by Crippen LogP contribution is -2.43. The van der Waals surface area contributed by atoms with E-state index in [-0.39, 0.29) is 0 Å². The number of aromatic nitrogens is 2. The van der Waals surface area contributed by atoms with Crippen LogP contribution in [0.4, 0.5) is 0 Å². The minimum atomic E-state index is -0.462. The van der Waals surface area contributed by atoms with Crippen molar-refractivity contribution in [2.75, 3.05) is 33.7 Å². The molecule has 0 amide bonds. The number of likely N-dealkylation sites (N-methyl/N-ethyl adjacent to an activating group) is 1. The maximum absolute atomic E-state index is 10.6. The van der Waals surface area contributed by atoms with Crippen LogP contribution in [-0.2, 0) is 7.05 Å². The number of likely N-dealkylation sites (tertiary alicyclic amines) is 1. The molecule has 1 saturated heterocycles. The van der Waals surface area contributed by atoms with E-state index in [1.54, 1.807) is 0 Å². The van der Waals surface area contributed by atoms with Crippen molar-refractivity contribution in [1.82, 2.24) is 19.4 Å². The van der Waals surface area contributed by atoms with Crippen molar-refractivity contribution >= 4 is 11.0 Å². The Morgan fingerprint density at radius 1 is 1.32 bits per heavy atom. The van der Waals surface area contributed by atoms with Crippen LogP contribution >= 0.6 is 0 Å². The van der Waals surface area contributed by atoms with Crippen LogP contribution in [0.5, 0.6) is 0 Å². The molecule has 5 nitrogen and oxygen atoms in total. The lowest BCUT2D eigenvalue weighted by Gasteiger charge is -2.36. The molecule has 1 aliphatic heterocycles. The first-order chi connectivity index (χ1) is 10.5. The lowest BCUT2D eigenvalue weighted by molar-refractivity contribution is 0.0789. The quantitative estimate of drug-likeness (QED) is 0.932. The zero-order valence-electron chi connectivity index (χ0n) is 13.7. The molecule has 3 rings (SSSR count). The van der Waals surface area contributed by atoms with Gasteiger partial charge in [0.1, 0.15) is 0 Å². The molecule has 0 spiro atoms. The smallest absolute Gasteiger partial charge is 0.0955 e. The van der Waals surface area contributed by atoms with Crippen molar-refractivity contribution in [3.05, 3.63) is 30.1 Å². The van der Waals surface area contributed by atoms with E-state index in [2.05, 4.69) is 28.9 Å². The van der Waals surface area contributed by atoms with Crippen molar-refractivity contribution in [2.24, 2.45) is 7.05 Å². The first-order valence-electron chi connectivity index (χ1n) is 8.02. The first kappa shape index (κ1) is 15.5. The molecule has 2 aromatic rings. The molecule has 0 radical (unpaired) electrons. The van der Waals surface area contributed by atoms with Gasteiger partial charge in [0, 0.05) is 19.6 Å². The summed E-state index contributed by atoms with van der Waals surface area (Å²) in [5.74, 6) is 0. The Bertz CT molecular complexity index is 631. The van der Waals surface area contributed by atoms with E-state index >= 15 is 0 Å². The molecule has 5 heteroatoms. The van der Waals surface area contributed by atoms with Gasteiger partial charge in [-0.25, -0.2) is 4.98 Å². The number of aliphatic hydroxyl groups excluding tert-OH is 1. The summed E-state index contributed by atoms with van der Waals surface area (Å²) in [7, 11) is 6.28. The minimum Gasteiger partial charge on any atom is -0.387 e.